The van der Waals surface area contributed by atoms with Gasteiger partial charge in [0.2, 0.25) is 5.88 Å². The number of nitrogens with zero attached hydrogens (tertiary/aromatic N) is 2. The predicted octanol–water partition coefficient (Wildman–Crippen LogP) is 3.08. The zero-order valence-electron chi connectivity index (χ0n) is 10.6. The second kappa shape index (κ2) is 6.33. The van der Waals surface area contributed by atoms with Gasteiger partial charge in [-0.25, -0.2) is 4.79 Å². The van der Waals surface area contributed by atoms with Crippen LogP contribution in [0.5, 0.6) is 5.88 Å². The first-order chi connectivity index (χ1) is 9.60. The monoisotopic (exact) mass is 337 g/mol. The third-order valence-electron chi connectivity index (χ3n) is 2.37. The summed E-state index contributed by atoms with van der Waals surface area (Å²) >= 11 is 3.19. The van der Waals surface area contributed by atoms with E-state index in [0.29, 0.717) is 28.5 Å². The summed E-state index contributed by atoms with van der Waals surface area (Å²) < 4.78 is 5.77. The van der Waals surface area contributed by atoms with Gasteiger partial charge >= 0.3 is 5.97 Å². The summed E-state index contributed by atoms with van der Waals surface area (Å²) in [6, 6.07) is 4.92. The molecule has 0 atom stereocenters. The Balaban J connectivity index is 2.23. The van der Waals surface area contributed by atoms with E-state index in [1.807, 2.05) is 6.92 Å². The van der Waals surface area contributed by atoms with Crippen LogP contribution < -0.4 is 10.1 Å². The molecule has 0 amide bonds. The maximum atomic E-state index is 11.1. The van der Waals surface area contributed by atoms with Crippen LogP contribution >= 0.6 is 15.9 Å². The number of hydrogen-bond donors (Lipinski definition) is 2. The summed E-state index contributed by atoms with van der Waals surface area (Å²) in [6.07, 6.45) is 3.05. The molecule has 0 saturated heterocycles. The molecule has 0 aliphatic rings. The van der Waals surface area contributed by atoms with Gasteiger partial charge in [0, 0.05) is 10.2 Å². The number of rotatable bonds is 5. The van der Waals surface area contributed by atoms with E-state index >= 15 is 0 Å². The molecule has 0 aliphatic heterocycles. The Labute approximate surface area is 124 Å². The topological polar surface area (TPSA) is 84.3 Å². The number of benzene rings is 1. The van der Waals surface area contributed by atoms with Gasteiger partial charge < -0.3 is 15.2 Å². The second-order valence-electron chi connectivity index (χ2n) is 3.80. The minimum Gasteiger partial charge on any atom is -0.478 e. The summed E-state index contributed by atoms with van der Waals surface area (Å²) in [7, 11) is 0. The van der Waals surface area contributed by atoms with E-state index < -0.39 is 5.97 Å². The number of nitrogens with one attached hydrogen (secondary N) is 1. The maximum Gasteiger partial charge on any atom is 0.336 e. The summed E-state index contributed by atoms with van der Waals surface area (Å²) in [4.78, 5) is 19.3. The van der Waals surface area contributed by atoms with Gasteiger partial charge in [0.15, 0.2) is 5.82 Å². The van der Waals surface area contributed by atoms with Crippen LogP contribution in [0.25, 0.3) is 0 Å². The van der Waals surface area contributed by atoms with E-state index in [1.165, 1.54) is 18.5 Å². The molecule has 0 bridgehead atoms. The fourth-order valence-electron chi connectivity index (χ4n) is 1.54. The molecule has 7 heteroatoms. The van der Waals surface area contributed by atoms with Gasteiger partial charge in [-0.15, -0.1) is 0 Å². The average molecular weight is 338 g/mol. The van der Waals surface area contributed by atoms with Gasteiger partial charge in [-0.1, -0.05) is 0 Å². The van der Waals surface area contributed by atoms with Crippen molar-refractivity contribution in [2.45, 2.75) is 6.92 Å². The molecule has 2 aromatic rings. The average Bonchev–Trinajstić information content (AvgIpc) is 2.41. The van der Waals surface area contributed by atoms with Crippen LogP contribution in [-0.4, -0.2) is 27.7 Å². The molecular formula is C13H12BrN3O3. The van der Waals surface area contributed by atoms with Crippen molar-refractivity contribution in [2.24, 2.45) is 0 Å². The number of aromatic nitrogens is 2. The van der Waals surface area contributed by atoms with Gasteiger partial charge in [-0.2, -0.15) is 4.98 Å². The lowest BCUT2D eigenvalue weighted by molar-refractivity contribution is 0.0696. The minimum atomic E-state index is -1.00. The summed E-state index contributed by atoms with van der Waals surface area (Å²) in [5, 5.41) is 12.1. The third kappa shape index (κ3) is 3.45. The van der Waals surface area contributed by atoms with Crippen molar-refractivity contribution in [3.05, 3.63) is 40.6 Å². The molecule has 0 radical (unpaired) electrons. The summed E-state index contributed by atoms with van der Waals surface area (Å²) in [6.45, 7) is 2.36. The Hall–Kier alpha value is -2.15. The smallest absolute Gasteiger partial charge is 0.336 e. The van der Waals surface area contributed by atoms with Gasteiger partial charge in [-0.05, 0) is 41.1 Å². The molecule has 1 heterocycles. The summed E-state index contributed by atoms with van der Waals surface area (Å²) in [5.41, 5.74) is 0.775. The van der Waals surface area contributed by atoms with Gasteiger partial charge in [-0.3, -0.25) is 4.98 Å². The Morgan fingerprint density at radius 1 is 1.45 bits per heavy atom. The molecule has 20 heavy (non-hydrogen) atoms. The van der Waals surface area contributed by atoms with Crippen LogP contribution in [0.15, 0.2) is 35.1 Å². The standard InChI is InChI=1S/C13H12BrN3O3/c1-2-20-12-7-15-6-11(17-12)16-8-3-4-10(14)9(5-8)13(18)19/h3-7H,2H2,1H3,(H,16,17)(H,18,19). The number of carboxylic acid groups (broad SMARTS) is 1. The molecule has 1 aromatic carbocycles. The van der Waals surface area contributed by atoms with Crippen molar-refractivity contribution in [1.29, 1.82) is 0 Å². The SMILES string of the molecule is CCOc1cncc(Nc2ccc(Br)c(C(=O)O)c2)n1. The van der Waals surface area contributed by atoms with Crippen LogP contribution in [0.4, 0.5) is 11.5 Å². The van der Waals surface area contributed by atoms with Gasteiger partial charge in [0.1, 0.15) is 0 Å². The molecule has 0 fully saturated rings. The molecule has 0 saturated carbocycles. The fraction of sp³-hybridized carbons (Fsp3) is 0.154. The van der Waals surface area contributed by atoms with Gasteiger partial charge in [0.05, 0.1) is 24.6 Å². The van der Waals surface area contributed by atoms with Crippen molar-refractivity contribution in [3.63, 3.8) is 0 Å². The number of halogens is 1. The zero-order valence-corrected chi connectivity index (χ0v) is 12.2. The molecule has 0 unspecified atom stereocenters. The quantitative estimate of drug-likeness (QED) is 0.872. The third-order valence-corrected chi connectivity index (χ3v) is 3.07. The first-order valence-corrected chi connectivity index (χ1v) is 6.64. The predicted molar refractivity (Wildman–Crippen MR) is 77.6 cm³/mol. The molecule has 2 N–H and O–H groups in total. The highest BCUT2D eigenvalue weighted by Crippen LogP contribution is 2.23. The molecular weight excluding hydrogens is 326 g/mol. The Kier molecular flexibility index (Phi) is 4.52. The first-order valence-electron chi connectivity index (χ1n) is 5.85. The Morgan fingerprint density at radius 2 is 2.25 bits per heavy atom. The molecule has 1 aromatic heterocycles. The van der Waals surface area contributed by atoms with Crippen molar-refractivity contribution in [3.8, 4) is 5.88 Å². The Morgan fingerprint density at radius 3 is 2.95 bits per heavy atom. The van der Waals surface area contributed by atoms with Crippen molar-refractivity contribution < 1.29 is 14.6 Å². The van der Waals surface area contributed by atoms with E-state index in [2.05, 4.69) is 31.2 Å². The number of anilines is 2. The van der Waals surface area contributed by atoms with E-state index in [1.54, 1.807) is 12.1 Å². The number of carboxylic acids is 1. The van der Waals surface area contributed by atoms with E-state index in [0.717, 1.165) is 0 Å². The number of hydrogen-bond acceptors (Lipinski definition) is 5. The normalized spacial score (nSPS) is 10.1. The fourth-order valence-corrected chi connectivity index (χ4v) is 1.96. The second-order valence-corrected chi connectivity index (χ2v) is 4.65. The molecule has 2 rings (SSSR count). The molecule has 6 nitrogen and oxygen atoms in total. The van der Waals surface area contributed by atoms with E-state index in [9.17, 15) is 4.79 Å². The van der Waals surface area contributed by atoms with Crippen LogP contribution in [0.1, 0.15) is 17.3 Å². The van der Waals surface area contributed by atoms with Crippen LogP contribution in [0, 0.1) is 0 Å². The largest absolute Gasteiger partial charge is 0.478 e. The molecule has 0 spiro atoms. The molecule has 0 aliphatic carbocycles. The minimum absolute atomic E-state index is 0.170. The van der Waals surface area contributed by atoms with Crippen LogP contribution in [0.3, 0.4) is 0 Å². The first kappa shape index (κ1) is 14.3. The van der Waals surface area contributed by atoms with Crippen molar-refractivity contribution >= 4 is 33.4 Å². The highest BCUT2D eigenvalue weighted by atomic mass is 79.9. The number of aromatic carboxylic acids is 1. The van der Waals surface area contributed by atoms with Crippen molar-refractivity contribution in [2.75, 3.05) is 11.9 Å². The lowest BCUT2D eigenvalue weighted by Gasteiger charge is -2.08. The van der Waals surface area contributed by atoms with Gasteiger partial charge in [0.25, 0.3) is 0 Å². The number of ether oxygens (including phenoxy) is 1. The summed E-state index contributed by atoms with van der Waals surface area (Å²) in [5.74, 6) is -0.114. The molecule has 104 valence electrons. The van der Waals surface area contributed by atoms with Crippen LogP contribution in [0.2, 0.25) is 0 Å². The lowest BCUT2D eigenvalue weighted by atomic mass is 10.2. The maximum absolute atomic E-state index is 11.1. The highest BCUT2D eigenvalue weighted by Gasteiger charge is 2.09. The van der Waals surface area contributed by atoms with E-state index in [4.69, 9.17) is 9.84 Å². The van der Waals surface area contributed by atoms with Crippen LogP contribution in [-0.2, 0) is 0 Å². The lowest BCUT2D eigenvalue weighted by Crippen LogP contribution is -2.02. The number of carbonyl (C=O) groups is 1. The highest BCUT2D eigenvalue weighted by molar-refractivity contribution is 9.10. The zero-order chi connectivity index (χ0) is 14.5. The van der Waals surface area contributed by atoms with E-state index in [-0.39, 0.29) is 5.56 Å². The van der Waals surface area contributed by atoms with Crippen molar-refractivity contribution in [1.82, 2.24) is 9.97 Å². The Bertz CT molecular complexity index is 634.